The molecule has 0 atom stereocenters. The highest BCUT2D eigenvalue weighted by molar-refractivity contribution is 5.65. The zero-order valence-corrected chi connectivity index (χ0v) is 14.0. The SMILES string of the molecule is C=CC1CCC(/C=C/c2ccc(-c3ccc(C)cc3)cc2)CC1. The molecular weight excluding hydrogens is 276 g/mol. The molecule has 23 heavy (non-hydrogen) atoms. The molecule has 0 aromatic heterocycles. The fraction of sp³-hybridized carbons (Fsp3) is 0.304. The van der Waals surface area contributed by atoms with Crippen LogP contribution in [0.4, 0.5) is 0 Å². The van der Waals surface area contributed by atoms with Crippen LogP contribution in [0, 0.1) is 18.8 Å². The molecule has 1 saturated carbocycles. The fourth-order valence-corrected chi connectivity index (χ4v) is 3.35. The van der Waals surface area contributed by atoms with E-state index < -0.39 is 0 Å². The summed E-state index contributed by atoms with van der Waals surface area (Å²) in [7, 11) is 0. The molecule has 0 unspecified atom stereocenters. The van der Waals surface area contributed by atoms with E-state index in [1.54, 1.807) is 0 Å². The van der Waals surface area contributed by atoms with Gasteiger partial charge in [0.15, 0.2) is 0 Å². The van der Waals surface area contributed by atoms with Crippen molar-refractivity contribution in [2.24, 2.45) is 11.8 Å². The zero-order valence-electron chi connectivity index (χ0n) is 14.0. The Morgan fingerprint density at radius 3 is 1.87 bits per heavy atom. The predicted octanol–water partition coefficient (Wildman–Crippen LogP) is 6.67. The highest BCUT2D eigenvalue weighted by Crippen LogP contribution is 2.30. The Labute approximate surface area is 140 Å². The molecule has 1 aliphatic rings. The lowest BCUT2D eigenvalue weighted by atomic mass is 9.82. The van der Waals surface area contributed by atoms with Gasteiger partial charge in [-0.05, 0) is 61.1 Å². The molecular formula is C23H26. The summed E-state index contributed by atoms with van der Waals surface area (Å²) in [6.45, 7) is 6.05. The van der Waals surface area contributed by atoms with Crippen LogP contribution in [-0.4, -0.2) is 0 Å². The van der Waals surface area contributed by atoms with Crippen LogP contribution in [0.5, 0.6) is 0 Å². The van der Waals surface area contributed by atoms with Crippen molar-refractivity contribution >= 4 is 6.08 Å². The average Bonchev–Trinajstić information content (AvgIpc) is 2.61. The molecule has 2 aromatic carbocycles. The number of hydrogen-bond acceptors (Lipinski definition) is 0. The van der Waals surface area contributed by atoms with E-state index in [2.05, 4.69) is 80.3 Å². The van der Waals surface area contributed by atoms with Crippen molar-refractivity contribution < 1.29 is 0 Å². The molecule has 0 nitrogen and oxygen atoms in total. The molecule has 0 N–H and O–H groups in total. The minimum absolute atomic E-state index is 0.739. The van der Waals surface area contributed by atoms with Crippen LogP contribution in [0.3, 0.4) is 0 Å². The lowest BCUT2D eigenvalue weighted by molar-refractivity contribution is 0.357. The third kappa shape index (κ3) is 4.22. The van der Waals surface area contributed by atoms with Crippen molar-refractivity contribution in [1.29, 1.82) is 0 Å². The monoisotopic (exact) mass is 302 g/mol. The maximum atomic E-state index is 3.92. The summed E-state index contributed by atoms with van der Waals surface area (Å²) >= 11 is 0. The van der Waals surface area contributed by atoms with Gasteiger partial charge in [-0.1, -0.05) is 72.3 Å². The summed E-state index contributed by atoms with van der Waals surface area (Å²) in [5, 5.41) is 0. The Balaban J connectivity index is 1.62. The quantitative estimate of drug-likeness (QED) is 0.553. The largest absolute Gasteiger partial charge is 0.103 e. The van der Waals surface area contributed by atoms with Crippen molar-refractivity contribution in [2.45, 2.75) is 32.6 Å². The summed E-state index contributed by atoms with van der Waals surface area (Å²) in [6, 6.07) is 17.6. The van der Waals surface area contributed by atoms with E-state index in [9.17, 15) is 0 Å². The second-order valence-electron chi connectivity index (χ2n) is 6.76. The van der Waals surface area contributed by atoms with E-state index in [0.717, 1.165) is 11.8 Å². The topological polar surface area (TPSA) is 0 Å². The minimum Gasteiger partial charge on any atom is -0.103 e. The van der Waals surface area contributed by atoms with Gasteiger partial charge < -0.3 is 0 Å². The van der Waals surface area contributed by atoms with Gasteiger partial charge in [0.1, 0.15) is 0 Å². The summed E-state index contributed by atoms with van der Waals surface area (Å²) in [4.78, 5) is 0. The molecule has 2 aromatic rings. The van der Waals surface area contributed by atoms with E-state index in [-0.39, 0.29) is 0 Å². The smallest absolute Gasteiger partial charge is 0.0184 e. The third-order valence-corrected chi connectivity index (χ3v) is 5.01. The molecule has 1 aliphatic carbocycles. The number of allylic oxidation sites excluding steroid dienone is 2. The first-order valence-corrected chi connectivity index (χ1v) is 8.72. The fourth-order valence-electron chi connectivity index (χ4n) is 3.35. The number of hydrogen-bond donors (Lipinski definition) is 0. The second kappa shape index (κ2) is 7.46. The lowest BCUT2D eigenvalue weighted by Gasteiger charge is -2.24. The van der Waals surface area contributed by atoms with Crippen molar-refractivity contribution in [1.82, 2.24) is 0 Å². The Kier molecular flexibility index (Phi) is 5.12. The molecule has 1 fully saturated rings. The van der Waals surface area contributed by atoms with Crippen molar-refractivity contribution in [3.05, 3.63) is 78.4 Å². The Morgan fingerprint density at radius 1 is 0.783 bits per heavy atom. The standard InChI is InChI=1S/C23H26/c1-3-19-6-8-20(9-7-19)10-11-21-12-16-23(17-13-21)22-14-4-18(2)5-15-22/h3-5,10-17,19-20H,1,6-9H2,2H3/b11-10+. The van der Waals surface area contributed by atoms with Crippen LogP contribution in [0.2, 0.25) is 0 Å². The molecule has 0 spiro atoms. The van der Waals surface area contributed by atoms with Crippen LogP contribution >= 0.6 is 0 Å². The van der Waals surface area contributed by atoms with Crippen LogP contribution in [0.1, 0.15) is 36.8 Å². The van der Waals surface area contributed by atoms with E-state index in [1.165, 1.54) is 47.9 Å². The normalized spacial score (nSPS) is 21.4. The van der Waals surface area contributed by atoms with E-state index >= 15 is 0 Å². The maximum absolute atomic E-state index is 3.92. The first-order chi connectivity index (χ1) is 11.2. The van der Waals surface area contributed by atoms with Gasteiger partial charge in [-0.15, -0.1) is 6.58 Å². The Bertz CT molecular complexity index is 650. The molecule has 3 rings (SSSR count). The number of benzene rings is 2. The Hall–Kier alpha value is -2.08. The van der Waals surface area contributed by atoms with E-state index in [4.69, 9.17) is 0 Å². The van der Waals surface area contributed by atoms with Gasteiger partial charge in [-0.2, -0.15) is 0 Å². The van der Waals surface area contributed by atoms with Gasteiger partial charge in [0.05, 0.1) is 0 Å². The maximum Gasteiger partial charge on any atom is -0.0184 e. The highest BCUT2D eigenvalue weighted by atomic mass is 14.2. The molecule has 0 aliphatic heterocycles. The van der Waals surface area contributed by atoms with Gasteiger partial charge in [0.2, 0.25) is 0 Å². The summed E-state index contributed by atoms with van der Waals surface area (Å²) in [5.74, 6) is 1.48. The van der Waals surface area contributed by atoms with Gasteiger partial charge in [0.25, 0.3) is 0 Å². The molecule has 118 valence electrons. The van der Waals surface area contributed by atoms with Gasteiger partial charge in [-0.25, -0.2) is 0 Å². The summed E-state index contributed by atoms with van der Waals surface area (Å²) < 4.78 is 0. The second-order valence-corrected chi connectivity index (χ2v) is 6.76. The zero-order chi connectivity index (χ0) is 16.1. The van der Waals surface area contributed by atoms with Crippen LogP contribution in [0.15, 0.2) is 67.3 Å². The molecule has 0 bridgehead atoms. The van der Waals surface area contributed by atoms with Crippen molar-refractivity contribution in [3.63, 3.8) is 0 Å². The Morgan fingerprint density at radius 2 is 1.30 bits per heavy atom. The van der Waals surface area contributed by atoms with Crippen LogP contribution in [-0.2, 0) is 0 Å². The first kappa shape index (κ1) is 15.8. The lowest BCUT2D eigenvalue weighted by Crippen LogP contribution is -2.10. The molecule has 0 amide bonds. The van der Waals surface area contributed by atoms with Gasteiger partial charge in [-0.3, -0.25) is 0 Å². The van der Waals surface area contributed by atoms with Gasteiger partial charge in [0, 0.05) is 0 Å². The minimum atomic E-state index is 0.739. The molecule has 0 saturated heterocycles. The molecule has 0 heterocycles. The third-order valence-electron chi connectivity index (χ3n) is 5.01. The first-order valence-electron chi connectivity index (χ1n) is 8.72. The molecule has 0 heteroatoms. The highest BCUT2D eigenvalue weighted by Gasteiger charge is 2.16. The number of aryl methyl sites for hydroxylation is 1. The average molecular weight is 302 g/mol. The van der Waals surface area contributed by atoms with Gasteiger partial charge >= 0.3 is 0 Å². The predicted molar refractivity (Wildman–Crippen MR) is 101 cm³/mol. The molecule has 0 radical (unpaired) electrons. The summed E-state index contributed by atoms with van der Waals surface area (Å²) in [6.07, 6.45) is 12.0. The van der Waals surface area contributed by atoms with E-state index in [1.807, 2.05) is 0 Å². The number of rotatable bonds is 4. The van der Waals surface area contributed by atoms with Crippen LogP contribution < -0.4 is 0 Å². The summed E-state index contributed by atoms with van der Waals surface area (Å²) in [5.41, 5.74) is 5.17. The van der Waals surface area contributed by atoms with E-state index in [0.29, 0.717) is 0 Å². The van der Waals surface area contributed by atoms with Crippen molar-refractivity contribution in [2.75, 3.05) is 0 Å². The van der Waals surface area contributed by atoms with Crippen LogP contribution in [0.25, 0.3) is 17.2 Å². The van der Waals surface area contributed by atoms with Crippen molar-refractivity contribution in [3.8, 4) is 11.1 Å².